The van der Waals surface area contributed by atoms with Gasteiger partial charge in [0.2, 0.25) is 10.0 Å². The highest BCUT2D eigenvalue weighted by Gasteiger charge is 2.34. The maximum Gasteiger partial charge on any atom is 0.243 e. The summed E-state index contributed by atoms with van der Waals surface area (Å²) in [7, 11) is -3.41. The van der Waals surface area contributed by atoms with E-state index in [-0.39, 0.29) is 0 Å². The van der Waals surface area contributed by atoms with E-state index >= 15 is 0 Å². The quantitative estimate of drug-likeness (QED) is 0.823. The molecule has 0 radical (unpaired) electrons. The zero-order chi connectivity index (χ0) is 18.2. The molecule has 2 aliphatic rings. The predicted octanol–water partition coefficient (Wildman–Crippen LogP) is 3.56. The molecular formula is C20H32N2O2S. The molecule has 2 fully saturated rings. The fourth-order valence-electron chi connectivity index (χ4n) is 4.43. The van der Waals surface area contributed by atoms with Crippen molar-refractivity contribution in [1.82, 2.24) is 9.21 Å². The molecule has 1 aromatic rings. The van der Waals surface area contributed by atoms with E-state index < -0.39 is 10.0 Å². The summed E-state index contributed by atoms with van der Waals surface area (Å²) in [4.78, 5) is 3.13. The third kappa shape index (κ3) is 3.64. The zero-order valence-corrected chi connectivity index (χ0v) is 17.0. The van der Waals surface area contributed by atoms with Gasteiger partial charge in [0.15, 0.2) is 0 Å². The number of sulfonamides is 1. The van der Waals surface area contributed by atoms with Crippen LogP contribution in [0, 0.1) is 27.7 Å². The molecule has 0 atom stereocenters. The Hall–Kier alpha value is -0.910. The first-order chi connectivity index (χ1) is 11.8. The largest absolute Gasteiger partial charge is 0.300 e. The molecular weight excluding hydrogens is 332 g/mol. The van der Waals surface area contributed by atoms with Gasteiger partial charge >= 0.3 is 0 Å². The molecule has 0 amide bonds. The number of nitrogens with zero attached hydrogens (tertiary/aromatic N) is 2. The minimum atomic E-state index is -3.41. The number of hydrogen-bond acceptors (Lipinski definition) is 3. The first-order valence-electron chi connectivity index (χ1n) is 9.64. The number of likely N-dealkylation sites (tertiary alicyclic amines) is 1. The molecule has 0 N–H and O–H groups in total. The summed E-state index contributed by atoms with van der Waals surface area (Å²) in [5.74, 6) is 0. The lowest BCUT2D eigenvalue weighted by atomic mass is 10.0. The van der Waals surface area contributed by atoms with E-state index in [0.717, 1.165) is 35.1 Å². The minimum absolute atomic E-state index is 0.543. The van der Waals surface area contributed by atoms with Crippen LogP contribution in [0.15, 0.2) is 11.0 Å². The van der Waals surface area contributed by atoms with Crippen LogP contribution in [-0.2, 0) is 10.0 Å². The Labute approximate surface area is 153 Å². The Morgan fingerprint density at radius 2 is 1.36 bits per heavy atom. The average molecular weight is 365 g/mol. The smallest absolute Gasteiger partial charge is 0.243 e. The number of hydrogen-bond donors (Lipinski definition) is 0. The molecule has 0 aromatic heterocycles. The van der Waals surface area contributed by atoms with Gasteiger partial charge < -0.3 is 4.90 Å². The van der Waals surface area contributed by atoms with Crippen LogP contribution in [0.4, 0.5) is 0 Å². The molecule has 2 saturated heterocycles. The van der Waals surface area contributed by atoms with Gasteiger partial charge in [-0.15, -0.1) is 0 Å². The Bertz CT molecular complexity index is 702. The highest BCUT2D eigenvalue weighted by molar-refractivity contribution is 7.89. The Morgan fingerprint density at radius 1 is 0.840 bits per heavy atom. The first-order valence-corrected chi connectivity index (χ1v) is 11.1. The van der Waals surface area contributed by atoms with Crippen molar-refractivity contribution in [3.8, 4) is 0 Å². The summed E-state index contributed by atoms with van der Waals surface area (Å²) in [5.41, 5.74) is 3.93. The fraction of sp³-hybridized carbons (Fsp3) is 0.700. The molecule has 0 unspecified atom stereocenters. The Morgan fingerprint density at radius 3 is 1.88 bits per heavy atom. The number of benzene rings is 1. The van der Waals surface area contributed by atoms with Gasteiger partial charge in [-0.3, -0.25) is 0 Å². The maximum atomic E-state index is 13.3. The van der Waals surface area contributed by atoms with Crippen LogP contribution < -0.4 is 0 Å². The summed E-state index contributed by atoms with van der Waals surface area (Å²) in [6.45, 7) is 11.6. The molecule has 140 valence electrons. The third-order valence-corrected chi connectivity index (χ3v) is 8.40. The van der Waals surface area contributed by atoms with Gasteiger partial charge in [0.1, 0.15) is 0 Å². The van der Waals surface area contributed by atoms with Gasteiger partial charge in [-0.05, 0) is 88.7 Å². The normalized spacial score (nSPS) is 21.6. The standard InChI is InChI=1S/C20H32N2O2S/c1-15-14-16(2)18(4)20(17(15)3)25(23,24)22-12-8-19(9-13-22)21-10-6-5-7-11-21/h14,19H,5-13H2,1-4H3. The van der Waals surface area contributed by atoms with E-state index in [1.807, 2.05) is 27.7 Å². The fourth-order valence-corrected chi connectivity index (χ4v) is 6.47. The van der Waals surface area contributed by atoms with E-state index in [4.69, 9.17) is 0 Å². The molecule has 1 aromatic carbocycles. The Kier molecular flexibility index (Phi) is 5.57. The molecule has 0 aliphatic carbocycles. The highest BCUT2D eigenvalue weighted by Crippen LogP contribution is 2.31. The van der Waals surface area contributed by atoms with Crippen LogP contribution in [0.1, 0.15) is 54.4 Å². The van der Waals surface area contributed by atoms with E-state index in [9.17, 15) is 8.42 Å². The molecule has 0 bridgehead atoms. The average Bonchev–Trinajstić information content (AvgIpc) is 2.61. The van der Waals surface area contributed by atoms with Crippen molar-refractivity contribution in [1.29, 1.82) is 0 Å². The molecule has 0 spiro atoms. The summed E-state index contributed by atoms with van der Waals surface area (Å²) >= 11 is 0. The summed E-state index contributed by atoms with van der Waals surface area (Å²) in [5, 5.41) is 0. The van der Waals surface area contributed by atoms with Crippen LogP contribution >= 0.6 is 0 Å². The van der Waals surface area contributed by atoms with Gasteiger partial charge in [-0.2, -0.15) is 4.31 Å². The van der Waals surface area contributed by atoms with Gasteiger partial charge in [-0.1, -0.05) is 12.5 Å². The van der Waals surface area contributed by atoms with Crippen molar-refractivity contribution in [2.45, 2.75) is 70.7 Å². The van der Waals surface area contributed by atoms with Crippen molar-refractivity contribution < 1.29 is 8.42 Å². The SMILES string of the molecule is Cc1cc(C)c(C)c(S(=O)(=O)N2CCC(N3CCCCC3)CC2)c1C. The van der Waals surface area contributed by atoms with Crippen LogP contribution in [-0.4, -0.2) is 49.8 Å². The van der Waals surface area contributed by atoms with Gasteiger partial charge in [0.05, 0.1) is 4.90 Å². The highest BCUT2D eigenvalue weighted by atomic mass is 32.2. The monoisotopic (exact) mass is 364 g/mol. The molecule has 0 saturated carbocycles. The molecule has 2 heterocycles. The van der Waals surface area contributed by atoms with Crippen molar-refractivity contribution in [2.75, 3.05) is 26.2 Å². The van der Waals surface area contributed by atoms with Gasteiger partial charge in [0, 0.05) is 19.1 Å². The van der Waals surface area contributed by atoms with Gasteiger partial charge in [0.25, 0.3) is 0 Å². The molecule has 4 nitrogen and oxygen atoms in total. The van der Waals surface area contributed by atoms with Crippen LogP contribution in [0.3, 0.4) is 0 Å². The van der Waals surface area contributed by atoms with Gasteiger partial charge in [-0.25, -0.2) is 8.42 Å². The third-order valence-electron chi connectivity index (χ3n) is 6.23. The van der Waals surface area contributed by atoms with E-state index in [1.165, 1.54) is 32.4 Å². The minimum Gasteiger partial charge on any atom is -0.300 e. The second-order valence-electron chi connectivity index (χ2n) is 7.82. The number of rotatable bonds is 3. The van der Waals surface area contributed by atoms with Crippen molar-refractivity contribution in [3.63, 3.8) is 0 Å². The summed E-state index contributed by atoms with van der Waals surface area (Å²) < 4.78 is 28.4. The van der Waals surface area contributed by atoms with E-state index in [0.29, 0.717) is 24.0 Å². The zero-order valence-electron chi connectivity index (χ0n) is 16.1. The maximum absolute atomic E-state index is 13.3. The summed E-state index contributed by atoms with van der Waals surface area (Å²) in [6.07, 6.45) is 5.85. The Balaban J connectivity index is 1.79. The predicted molar refractivity (Wildman–Crippen MR) is 103 cm³/mol. The van der Waals surface area contributed by atoms with Crippen LogP contribution in [0.25, 0.3) is 0 Å². The first kappa shape index (κ1) is 18.9. The van der Waals surface area contributed by atoms with E-state index in [2.05, 4.69) is 11.0 Å². The second-order valence-corrected chi connectivity index (χ2v) is 9.70. The number of piperidine rings is 2. The number of aryl methyl sites for hydroxylation is 2. The van der Waals surface area contributed by atoms with Crippen molar-refractivity contribution in [3.05, 3.63) is 28.3 Å². The molecule has 3 rings (SSSR count). The van der Waals surface area contributed by atoms with Crippen LogP contribution in [0.5, 0.6) is 0 Å². The van der Waals surface area contributed by atoms with Crippen molar-refractivity contribution >= 4 is 10.0 Å². The topological polar surface area (TPSA) is 40.6 Å². The molecule has 2 aliphatic heterocycles. The molecule has 25 heavy (non-hydrogen) atoms. The summed E-state index contributed by atoms with van der Waals surface area (Å²) in [6, 6.07) is 2.65. The molecule has 5 heteroatoms. The van der Waals surface area contributed by atoms with Crippen molar-refractivity contribution in [2.24, 2.45) is 0 Å². The lowest BCUT2D eigenvalue weighted by Crippen LogP contribution is -2.48. The van der Waals surface area contributed by atoms with Crippen LogP contribution in [0.2, 0.25) is 0 Å². The van der Waals surface area contributed by atoms with E-state index in [1.54, 1.807) is 4.31 Å². The lowest BCUT2D eigenvalue weighted by molar-refractivity contribution is 0.118. The lowest BCUT2D eigenvalue weighted by Gasteiger charge is -2.40. The second kappa shape index (κ2) is 7.37.